The van der Waals surface area contributed by atoms with E-state index in [0.29, 0.717) is 9.18 Å². The van der Waals surface area contributed by atoms with E-state index in [1.807, 2.05) is 28.2 Å². The van der Waals surface area contributed by atoms with Crippen LogP contribution in [0.15, 0.2) is 0 Å². The SMILES string of the molecule is C[N+]1(C)CCN2CC[N+](C)(C)NP2(=O)N1.[Cl-].[Cl-]. The Balaban J connectivity index is 0.00000128. The van der Waals surface area contributed by atoms with Crippen molar-refractivity contribution in [3.8, 4) is 0 Å². The molecule has 0 saturated carbocycles. The number of nitrogens with zero attached hydrogens (tertiary/aromatic N) is 3. The second kappa shape index (κ2) is 5.31. The molecule has 17 heavy (non-hydrogen) atoms. The van der Waals surface area contributed by atoms with Crippen LogP contribution in [0.4, 0.5) is 0 Å². The Morgan fingerprint density at radius 2 is 1.29 bits per heavy atom. The summed E-state index contributed by atoms with van der Waals surface area (Å²) in [5.41, 5.74) is 0. The van der Waals surface area contributed by atoms with Crippen molar-refractivity contribution in [2.45, 2.75) is 0 Å². The van der Waals surface area contributed by atoms with Gasteiger partial charge in [-0.3, -0.25) is 4.57 Å². The van der Waals surface area contributed by atoms with Crippen molar-refractivity contribution in [3.05, 3.63) is 0 Å². The molecule has 2 N–H and O–H groups in total. The van der Waals surface area contributed by atoms with E-state index in [1.165, 1.54) is 0 Å². The summed E-state index contributed by atoms with van der Waals surface area (Å²) in [6.45, 7) is 3.76. The van der Waals surface area contributed by atoms with Gasteiger partial charge >= 0.3 is 7.59 Å². The maximum Gasteiger partial charge on any atom is 0.369 e. The van der Waals surface area contributed by atoms with Crippen molar-refractivity contribution >= 4 is 7.59 Å². The predicted octanol–water partition coefficient (Wildman–Crippen LogP) is -6.41. The van der Waals surface area contributed by atoms with Crippen LogP contribution >= 0.6 is 7.59 Å². The molecule has 0 aromatic carbocycles. The van der Waals surface area contributed by atoms with Gasteiger partial charge in [-0.1, -0.05) is 10.4 Å². The fourth-order valence-corrected chi connectivity index (χ4v) is 4.81. The predicted molar refractivity (Wildman–Crippen MR) is 59.4 cm³/mol. The lowest BCUT2D eigenvalue weighted by Gasteiger charge is -2.49. The van der Waals surface area contributed by atoms with E-state index >= 15 is 0 Å². The van der Waals surface area contributed by atoms with Crippen molar-refractivity contribution in [2.75, 3.05) is 54.4 Å². The summed E-state index contributed by atoms with van der Waals surface area (Å²) in [6, 6.07) is 0. The van der Waals surface area contributed by atoms with Crippen LogP contribution in [-0.2, 0) is 4.57 Å². The molecular weight excluding hydrogens is 284 g/mol. The van der Waals surface area contributed by atoms with Crippen LogP contribution in [0.5, 0.6) is 0 Å². The molecule has 0 spiro atoms. The molecule has 0 unspecified atom stereocenters. The first kappa shape index (κ1) is 17.6. The van der Waals surface area contributed by atoms with Gasteiger partial charge in [-0.05, 0) is 0 Å². The highest BCUT2D eigenvalue weighted by atomic mass is 35.5. The Bertz CT molecular complexity index is 299. The highest BCUT2D eigenvalue weighted by molar-refractivity contribution is 7.57. The fraction of sp³-hybridized carbons (Fsp3) is 1.00. The number of fused-ring (bicyclic) bond motifs is 1. The van der Waals surface area contributed by atoms with Crippen molar-refractivity contribution in [2.24, 2.45) is 0 Å². The molecule has 2 fully saturated rings. The number of halogens is 2. The average Bonchev–Trinajstić information content (AvgIpc) is 1.97. The number of hydrogen-bond acceptors (Lipinski definition) is 1. The van der Waals surface area contributed by atoms with Crippen molar-refractivity contribution < 1.29 is 38.6 Å². The third-order valence-electron chi connectivity index (χ3n) is 3.05. The fourth-order valence-electron chi connectivity index (χ4n) is 2.11. The molecule has 2 aliphatic heterocycles. The summed E-state index contributed by atoms with van der Waals surface area (Å²) in [7, 11) is 5.61. The molecule has 0 bridgehead atoms. The topological polar surface area (TPSA) is 44.4 Å². The Morgan fingerprint density at radius 1 is 0.941 bits per heavy atom. The van der Waals surface area contributed by atoms with Crippen LogP contribution < -0.4 is 35.2 Å². The highest BCUT2D eigenvalue weighted by Crippen LogP contribution is 2.47. The van der Waals surface area contributed by atoms with Gasteiger partial charge in [-0.15, -0.1) is 0 Å². The van der Waals surface area contributed by atoms with Gasteiger partial charge < -0.3 is 24.8 Å². The van der Waals surface area contributed by atoms with Gasteiger partial charge in [0.2, 0.25) is 0 Å². The Kier molecular flexibility index (Phi) is 5.50. The summed E-state index contributed by atoms with van der Waals surface area (Å²) in [5.74, 6) is 0. The quantitative estimate of drug-likeness (QED) is 0.345. The Hall–Kier alpha value is 0.610. The summed E-state index contributed by atoms with van der Waals surface area (Å²) in [5, 5.41) is 6.44. The zero-order valence-electron chi connectivity index (χ0n) is 10.8. The minimum Gasteiger partial charge on any atom is -1.00 e. The average molecular weight is 306 g/mol. The molecule has 0 aromatic heterocycles. The van der Waals surface area contributed by atoms with Crippen LogP contribution in [0.25, 0.3) is 0 Å². The van der Waals surface area contributed by atoms with Crippen LogP contribution in [0.1, 0.15) is 0 Å². The maximum absolute atomic E-state index is 12.7. The molecule has 0 radical (unpaired) electrons. The standard InChI is InChI=1S/C8H22N5OP.2ClH/c1-12(2)7-5-11-6-8-13(3,4)10-15(11,14)9-12;;/h5-8H2,1-4H3,(H2,9,10,14);2*1H/q+2;;/p-2. The first-order valence-corrected chi connectivity index (χ1v) is 6.99. The van der Waals surface area contributed by atoms with E-state index in [-0.39, 0.29) is 24.8 Å². The number of quaternary nitrogens is 2. The normalized spacial score (nSPS) is 29.4. The van der Waals surface area contributed by atoms with Crippen molar-refractivity contribution in [1.82, 2.24) is 15.1 Å². The Labute approximate surface area is 116 Å². The van der Waals surface area contributed by atoms with Crippen molar-refractivity contribution in [3.63, 3.8) is 0 Å². The van der Waals surface area contributed by atoms with Gasteiger partial charge in [-0.25, -0.2) is 13.9 Å². The zero-order chi connectivity index (χ0) is 11.3. The summed E-state index contributed by atoms with van der Waals surface area (Å²) in [4.78, 5) is 0. The monoisotopic (exact) mass is 305 g/mol. The maximum atomic E-state index is 12.7. The lowest BCUT2D eigenvalue weighted by atomic mass is 10.5. The van der Waals surface area contributed by atoms with E-state index in [2.05, 4.69) is 15.1 Å². The molecule has 0 amide bonds. The summed E-state index contributed by atoms with van der Waals surface area (Å²) in [6.07, 6.45) is 0. The molecule has 0 aliphatic carbocycles. The molecule has 104 valence electrons. The molecule has 2 rings (SSSR count). The molecule has 9 heteroatoms. The number of nitrogens with one attached hydrogen (secondary N) is 2. The lowest BCUT2D eigenvalue weighted by molar-refractivity contribution is -0.939. The third-order valence-corrected chi connectivity index (χ3v) is 5.87. The van der Waals surface area contributed by atoms with E-state index in [4.69, 9.17) is 0 Å². The summed E-state index contributed by atoms with van der Waals surface area (Å²) < 4.78 is 16.0. The van der Waals surface area contributed by atoms with Gasteiger partial charge in [0.05, 0.1) is 41.3 Å². The Morgan fingerprint density at radius 3 is 1.65 bits per heavy atom. The van der Waals surface area contributed by atoms with Crippen LogP contribution in [0.2, 0.25) is 0 Å². The first-order valence-electron chi connectivity index (χ1n) is 5.33. The minimum absolute atomic E-state index is 0. The zero-order valence-corrected chi connectivity index (χ0v) is 13.2. The molecular formula is C8H22Cl2N5OP. The van der Waals surface area contributed by atoms with Crippen LogP contribution in [0.3, 0.4) is 0 Å². The van der Waals surface area contributed by atoms with Crippen LogP contribution in [-0.4, -0.2) is 68.2 Å². The molecule has 2 saturated heterocycles. The summed E-state index contributed by atoms with van der Waals surface area (Å²) >= 11 is 0. The molecule has 6 nitrogen and oxygen atoms in total. The second-order valence-electron chi connectivity index (χ2n) is 5.55. The number of rotatable bonds is 0. The number of likely N-dealkylation sites (N-methyl/N-ethyl adjacent to an activating group) is 2. The largest absolute Gasteiger partial charge is 1.00 e. The first-order chi connectivity index (χ1) is 6.73. The highest BCUT2D eigenvalue weighted by Gasteiger charge is 2.49. The van der Waals surface area contributed by atoms with E-state index in [0.717, 1.165) is 26.2 Å². The number of hydrogen-bond donors (Lipinski definition) is 2. The van der Waals surface area contributed by atoms with Gasteiger partial charge in [0.15, 0.2) is 0 Å². The van der Waals surface area contributed by atoms with E-state index < -0.39 is 7.59 Å². The minimum atomic E-state index is -2.58. The van der Waals surface area contributed by atoms with Gasteiger partial charge in [0.25, 0.3) is 0 Å². The molecule has 2 aliphatic rings. The van der Waals surface area contributed by atoms with E-state index in [1.54, 1.807) is 0 Å². The van der Waals surface area contributed by atoms with Gasteiger partial charge in [0.1, 0.15) is 13.1 Å². The third kappa shape index (κ3) is 3.78. The van der Waals surface area contributed by atoms with Crippen molar-refractivity contribution in [1.29, 1.82) is 0 Å². The second-order valence-corrected chi connectivity index (χ2v) is 7.66. The molecule has 0 atom stereocenters. The van der Waals surface area contributed by atoms with Gasteiger partial charge in [0, 0.05) is 0 Å². The van der Waals surface area contributed by atoms with E-state index in [9.17, 15) is 4.57 Å². The van der Waals surface area contributed by atoms with Gasteiger partial charge in [-0.2, -0.15) is 0 Å². The smallest absolute Gasteiger partial charge is 0.369 e. The molecule has 0 aromatic rings. The lowest BCUT2D eigenvalue weighted by Crippen LogP contribution is -3.00. The van der Waals surface area contributed by atoms with Crippen LogP contribution in [0, 0.1) is 0 Å². The molecule has 2 heterocycles.